The van der Waals surface area contributed by atoms with E-state index in [1.54, 1.807) is 6.92 Å². The summed E-state index contributed by atoms with van der Waals surface area (Å²) < 4.78 is 0. The molecule has 0 bridgehead atoms. The van der Waals surface area contributed by atoms with Crippen molar-refractivity contribution >= 4 is 28.2 Å². The standard InChI is InChI=1S/C16H23NO3S/c1-10-11(2)21-15(14(10)16(19)20)17-13(18)9-8-12-6-4-3-5-7-12/h12H,3-9H2,1-2H3,(H,17,18)(H,19,20). The number of hydrogen-bond donors (Lipinski definition) is 2. The monoisotopic (exact) mass is 309 g/mol. The normalized spacial score (nSPS) is 15.9. The van der Waals surface area contributed by atoms with Gasteiger partial charge in [0.25, 0.3) is 0 Å². The molecular formula is C16H23NO3S. The molecule has 1 aromatic heterocycles. The Balaban J connectivity index is 1.93. The molecule has 21 heavy (non-hydrogen) atoms. The fraction of sp³-hybridized carbons (Fsp3) is 0.625. The first kappa shape index (κ1) is 16.0. The molecule has 1 aliphatic carbocycles. The van der Waals surface area contributed by atoms with Crippen LogP contribution in [0.15, 0.2) is 0 Å². The van der Waals surface area contributed by atoms with E-state index in [-0.39, 0.29) is 11.5 Å². The molecular weight excluding hydrogens is 286 g/mol. The zero-order chi connectivity index (χ0) is 15.4. The molecule has 2 rings (SSSR count). The number of aryl methyl sites for hydroxylation is 1. The third-order valence-corrected chi connectivity index (χ3v) is 5.48. The van der Waals surface area contributed by atoms with Crippen LogP contribution in [0.5, 0.6) is 0 Å². The molecule has 1 heterocycles. The first-order chi connectivity index (χ1) is 9.99. The molecule has 1 amide bonds. The zero-order valence-corrected chi connectivity index (χ0v) is 13.5. The predicted molar refractivity (Wildman–Crippen MR) is 85.2 cm³/mol. The Labute approximate surface area is 129 Å². The van der Waals surface area contributed by atoms with Crippen molar-refractivity contribution in [3.63, 3.8) is 0 Å². The van der Waals surface area contributed by atoms with Gasteiger partial charge in [-0.2, -0.15) is 0 Å². The van der Waals surface area contributed by atoms with E-state index < -0.39 is 5.97 Å². The van der Waals surface area contributed by atoms with Crippen molar-refractivity contribution in [1.29, 1.82) is 0 Å². The summed E-state index contributed by atoms with van der Waals surface area (Å²) in [5, 5.41) is 12.5. The minimum atomic E-state index is -0.973. The summed E-state index contributed by atoms with van der Waals surface area (Å²) in [4.78, 5) is 24.3. The molecule has 0 aliphatic heterocycles. The second-order valence-corrected chi connectivity index (χ2v) is 7.11. The number of carbonyl (C=O) groups excluding carboxylic acids is 1. The molecule has 2 N–H and O–H groups in total. The summed E-state index contributed by atoms with van der Waals surface area (Å²) in [6, 6.07) is 0. The minimum Gasteiger partial charge on any atom is -0.478 e. The first-order valence-electron chi connectivity index (χ1n) is 7.62. The first-order valence-corrected chi connectivity index (χ1v) is 8.43. The van der Waals surface area contributed by atoms with Crippen LogP contribution in [0, 0.1) is 19.8 Å². The van der Waals surface area contributed by atoms with Crippen LogP contribution in [-0.4, -0.2) is 17.0 Å². The molecule has 5 heteroatoms. The van der Waals surface area contributed by atoms with Gasteiger partial charge < -0.3 is 10.4 Å². The molecule has 0 atom stereocenters. The Hall–Kier alpha value is -1.36. The maximum absolute atomic E-state index is 12.1. The average molecular weight is 309 g/mol. The number of nitrogens with one attached hydrogen (secondary N) is 1. The van der Waals surface area contributed by atoms with E-state index in [0.29, 0.717) is 17.3 Å². The molecule has 1 aliphatic rings. The number of carboxylic acids is 1. The third-order valence-electron chi connectivity index (χ3n) is 4.36. The van der Waals surface area contributed by atoms with Crippen molar-refractivity contribution in [1.82, 2.24) is 0 Å². The molecule has 0 aromatic carbocycles. The Morgan fingerprint density at radius 1 is 1.24 bits per heavy atom. The smallest absolute Gasteiger partial charge is 0.338 e. The van der Waals surface area contributed by atoms with Gasteiger partial charge in [0.2, 0.25) is 5.91 Å². The lowest BCUT2D eigenvalue weighted by molar-refractivity contribution is -0.116. The molecule has 0 spiro atoms. The summed E-state index contributed by atoms with van der Waals surface area (Å²) in [7, 11) is 0. The Morgan fingerprint density at radius 2 is 1.90 bits per heavy atom. The van der Waals surface area contributed by atoms with E-state index in [1.165, 1.54) is 43.4 Å². The van der Waals surface area contributed by atoms with Gasteiger partial charge in [0.05, 0.1) is 5.56 Å². The van der Waals surface area contributed by atoms with E-state index in [4.69, 9.17) is 0 Å². The lowest BCUT2D eigenvalue weighted by atomic mass is 9.86. The van der Waals surface area contributed by atoms with Crippen molar-refractivity contribution in [3.05, 3.63) is 16.0 Å². The largest absolute Gasteiger partial charge is 0.478 e. The van der Waals surface area contributed by atoms with Crippen LogP contribution in [0.2, 0.25) is 0 Å². The Bertz CT molecular complexity index is 530. The highest BCUT2D eigenvalue weighted by atomic mass is 32.1. The number of thiophene rings is 1. The van der Waals surface area contributed by atoms with Gasteiger partial charge >= 0.3 is 5.97 Å². The summed E-state index contributed by atoms with van der Waals surface area (Å²) in [6.07, 6.45) is 7.73. The highest BCUT2D eigenvalue weighted by molar-refractivity contribution is 7.16. The van der Waals surface area contributed by atoms with Crippen LogP contribution in [0.3, 0.4) is 0 Å². The number of anilines is 1. The van der Waals surface area contributed by atoms with Gasteiger partial charge in [-0.1, -0.05) is 32.1 Å². The van der Waals surface area contributed by atoms with Crippen molar-refractivity contribution < 1.29 is 14.7 Å². The minimum absolute atomic E-state index is 0.0654. The number of aromatic carboxylic acids is 1. The molecule has 0 unspecified atom stereocenters. The lowest BCUT2D eigenvalue weighted by Gasteiger charge is -2.20. The van der Waals surface area contributed by atoms with Crippen molar-refractivity contribution in [2.45, 2.75) is 58.8 Å². The molecule has 0 radical (unpaired) electrons. The molecule has 4 nitrogen and oxygen atoms in total. The van der Waals surface area contributed by atoms with Crippen LogP contribution in [0.25, 0.3) is 0 Å². The van der Waals surface area contributed by atoms with Gasteiger partial charge in [-0.3, -0.25) is 4.79 Å². The second kappa shape index (κ2) is 7.07. The van der Waals surface area contributed by atoms with Crippen molar-refractivity contribution in [2.75, 3.05) is 5.32 Å². The highest BCUT2D eigenvalue weighted by Crippen LogP contribution is 2.33. The van der Waals surface area contributed by atoms with E-state index in [2.05, 4.69) is 5.32 Å². The zero-order valence-electron chi connectivity index (χ0n) is 12.7. The van der Waals surface area contributed by atoms with E-state index in [0.717, 1.165) is 16.9 Å². The summed E-state index contributed by atoms with van der Waals surface area (Å²) in [5.74, 6) is -0.376. The number of carboxylic acid groups (broad SMARTS) is 1. The van der Waals surface area contributed by atoms with Crippen molar-refractivity contribution in [2.24, 2.45) is 5.92 Å². The van der Waals surface area contributed by atoms with Crippen LogP contribution < -0.4 is 5.32 Å². The quantitative estimate of drug-likeness (QED) is 0.849. The number of carbonyl (C=O) groups is 2. The molecule has 1 fully saturated rings. The fourth-order valence-electron chi connectivity index (χ4n) is 2.97. The average Bonchev–Trinajstić information content (AvgIpc) is 2.72. The third kappa shape index (κ3) is 4.06. The molecule has 0 saturated heterocycles. The molecule has 1 aromatic rings. The van der Waals surface area contributed by atoms with E-state index in [9.17, 15) is 14.7 Å². The van der Waals surface area contributed by atoms with Gasteiger partial charge in [0.1, 0.15) is 5.00 Å². The number of amides is 1. The van der Waals surface area contributed by atoms with Gasteiger partial charge in [0, 0.05) is 11.3 Å². The number of rotatable bonds is 5. The summed E-state index contributed by atoms with van der Waals surface area (Å²) in [6.45, 7) is 3.66. The predicted octanol–water partition coefficient (Wildman–Crippen LogP) is 4.36. The lowest BCUT2D eigenvalue weighted by Crippen LogP contribution is -2.15. The maximum Gasteiger partial charge on any atom is 0.338 e. The van der Waals surface area contributed by atoms with Crippen LogP contribution in [0.4, 0.5) is 5.00 Å². The number of hydrogen-bond acceptors (Lipinski definition) is 3. The van der Waals surface area contributed by atoms with Gasteiger partial charge in [-0.15, -0.1) is 11.3 Å². The highest BCUT2D eigenvalue weighted by Gasteiger charge is 2.21. The Kier molecular flexibility index (Phi) is 5.39. The summed E-state index contributed by atoms with van der Waals surface area (Å²) in [5.41, 5.74) is 0.985. The fourth-order valence-corrected chi connectivity index (χ4v) is 4.04. The van der Waals surface area contributed by atoms with Crippen LogP contribution >= 0.6 is 11.3 Å². The summed E-state index contributed by atoms with van der Waals surface area (Å²) >= 11 is 1.35. The molecule has 1 saturated carbocycles. The Morgan fingerprint density at radius 3 is 2.52 bits per heavy atom. The van der Waals surface area contributed by atoms with Crippen molar-refractivity contribution in [3.8, 4) is 0 Å². The van der Waals surface area contributed by atoms with E-state index in [1.807, 2.05) is 6.92 Å². The van der Waals surface area contributed by atoms with Gasteiger partial charge in [0.15, 0.2) is 0 Å². The molecule has 116 valence electrons. The van der Waals surface area contributed by atoms with Crippen LogP contribution in [-0.2, 0) is 4.79 Å². The van der Waals surface area contributed by atoms with Gasteiger partial charge in [-0.25, -0.2) is 4.79 Å². The van der Waals surface area contributed by atoms with E-state index >= 15 is 0 Å². The topological polar surface area (TPSA) is 66.4 Å². The van der Waals surface area contributed by atoms with Gasteiger partial charge in [-0.05, 0) is 31.7 Å². The maximum atomic E-state index is 12.1. The SMILES string of the molecule is Cc1sc(NC(=O)CCC2CCCCC2)c(C(=O)O)c1C. The second-order valence-electron chi connectivity index (χ2n) is 5.88. The van der Waals surface area contributed by atoms with Crippen LogP contribution in [0.1, 0.15) is 65.7 Å².